The van der Waals surface area contributed by atoms with Crippen LogP contribution in [0.15, 0.2) is 42.0 Å². The Kier molecular flexibility index (Phi) is 6.15. The lowest BCUT2D eigenvalue weighted by atomic mass is 9.81. The van der Waals surface area contributed by atoms with Gasteiger partial charge in [0.15, 0.2) is 0 Å². The van der Waals surface area contributed by atoms with E-state index in [1.54, 1.807) is 13.2 Å². The number of hydrogen-bond donors (Lipinski definition) is 1. The zero-order valence-electron chi connectivity index (χ0n) is 21.4. The van der Waals surface area contributed by atoms with Crippen LogP contribution in [0.25, 0.3) is 28.2 Å². The van der Waals surface area contributed by atoms with E-state index in [0.29, 0.717) is 17.2 Å². The minimum atomic E-state index is -0.957. The van der Waals surface area contributed by atoms with Gasteiger partial charge in [0.2, 0.25) is 0 Å². The Labute approximate surface area is 211 Å². The Morgan fingerprint density at radius 2 is 1.78 bits per heavy atom. The summed E-state index contributed by atoms with van der Waals surface area (Å²) >= 11 is 0. The maximum absolute atomic E-state index is 12.9. The second-order valence-electron chi connectivity index (χ2n) is 10.8. The molecule has 188 valence electrons. The summed E-state index contributed by atoms with van der Waals surface area (Å²) in [6, 6.07) is 11.6. The van der Waals surface area contributed by atoms with Gasteiger partial charge in [0, 0.05) is 16.5 Å². The molecule has 1 saturated carbocycles. The molecule has 0 unspecified atom stereocenters. The fraction of sp³-hybridized carbons (Fsp3) is 0.400. The number of carboxylic acid groups (broad SMARTS) is 1. The van der Waals surface area contributed by atoms with Crippen molar-refractivity contribution in [2.24, 2.45) is 0 Å². The third kappa shape index (κ3) is 4.41. The fourth-order valence-corrected chi connectivity index (χ4v) is 5.64. The van der Waals surface area contributed by atoms with Crippen molar-refractivity contribution in [1.29, 1.82) is 0 Å². The van der Waals surface area contributed by atoms with Crippen LogP contribution in [0.1, 0.15) is 80.3 Å². The van der Waals surface area contributed by atoms with Crippen LogP contribution in [0, 0.1) is 0 Å². The molecule has 1 aromatic heterocycles. The Hall–Kier alpha value is -3.54. The third-order valence-electron chi connectivity index (χ3n) is 7.20. The Morgan fingerprint density at radius 1 is 1.03 bits per heavy atom. The van der Waals surface area contributed by atoms with Gasteiger partial charge in [-0.3, -0.25) is 0 Å². The zero-order chi connectivity index (χ0) is 25.6. The van der Waals surface area contributed by atoms with Gasteiger partial charge in [0.25, 0.3) is 0 Å². The summed E-state index contributed by atoms with van der Waals surface area (Å²) in [5, 5.41) is 11.1. The summed E-state index contributed by atoms with van der Waals surface area (Å²) < 4.78 is 13.2. The van der Waals surface area contributed by atoms with Gasteiger partial charge in [-0.05, 0) is 87.1 Å². The van der Waals surface area contributed by atoms with E-state index in [9.17, 15) is 14.7 Å². The standard InChI is InChI=1S/C30H33NO5/c1-30(2,3)36-29(34)19-10-12-24-25(16-19)31-17-21(28(32)33)14-20-15-22(35-4)11-13-23(20)27(31)26(24)18-8-6-5-7-9-18/h10-16,18H,5-9,17H2,1-4H3,(H,32,33). The lowest BCUT2D eigenvalue weighted by Crippen LogP contribution is -2.23. The van der Waals surface area contributed by atoms with Crippen LogP contribution in [0.5, 0.6) is 5.75 Å². The van der Waals surface area contributed by atoms with Gasteiger partial charge < -0.3 is 19.1 Å². The van der Waals surface area contributed by atoms with Crippen LogP contribution in [-0.4, -0.2) is 34.3 Å². The first kappa shape index (κ1) is 24.2. The van der Waals surface area contributed by atoms with Crippen molar-refractivity contribution in [3.63, 3.8) is 0 Å². The van der Waals surface area contributed by atoms with E-state index in [1.165, 1.54) is 24.8 Å². The second-order valence-corrected chi connectivity index (χ2v) is 10.8. The highest BCUT2D eigenvalue weighted by atomic mass is 16.6. The Morgan fingerprint density at radius 3 is 2.44 bits per heavy atom. The molecule has 5 rings (SSSR count). The maximum Gasteiger partial charge on any atom is 0.338 e. The molecule has 2 aliphatic rings. The van der Waals surface area contributed by atoms with E-state index in [0.717, 1.165) is 40.6 Å². The van der Waals surface area contributed by atoms with Crippen molar-refractivity contribution in [1.82, 2.24) is 4.57 Å². The third-order valence-corrected chi connectivity index (χ3v) is 7.20. The van der Waals surface area contributed by atoms with Gasteiger partial charge in [0.05, 0.1) is 30.5 Å². The summed E-state index contributed by atoms with van der Waals surface area (Å²) in [5.74, 6) is -0.273. The fourth-order valence-electron chi connectivity index (χ4n) is 5.64. The minimum absolute atomic E-state index is 0.211. The molecule has 2 heterocycles. The maximum atomic E-state index is 12.9. The van der Waals surface area contributed by atoms with Crippen LogP contribution in [-0.2, 0) is 16.1 Å². The second kappa shape index (κ2) is 9.16. The first-order chi connectivity index (χ1) is 17.2. The average molecular weight is 488 g/mol. The molecular weight excluding hydrogens is 454 g/mol. The van der Waals surface area contributed by atoms with E-state index in [-0.39, 0.29) is 18.1 Å². The molecule has 0 amide bonds. The number of nitrogens with zero attached hydrogens (tertiary/aromatic N) is 1. The highest BCUT2D eigenvalue weighted by Gasteiger charge is 2.31. The molecule has 1 fully saturated rings. The van der Waals surface area contributed by atoms with Gasteiger partial charge >= 0.3 is 11.9 Å². The van der Waals surface area contributed by atoms with Crippen LogP contribution in [0.3, 0.4) is 0 Å². The number of ether oxygens (including phenoxy) is 2. The highest BCUT2D eigenvalue weighted by Crippen LogP contribution is 2.47. The molecule has 1 aliphatic heterocycles. The van der Waals surface area contributed by atoms with E-state index in [2.05, 4.69) is 4.57 Å². The summed E-state index contributed by atoms with van der Waals surface area (Å²) in [5.41, 5.74) is 5.14. The first-order valence-corrected chi connectivity index (χ1v) is 12.7. The van der Waals surface area contributed by atoms with Gasteiger partial charge in [-0.2, -0.15) is 0 Å². The van der Waals surface area contributed by atoms with E-state index < -0.39 is 11.6 Å². The number of rotatable bonds is 4. The van der Waals surface area contributed by atoms with Crippen LogP contribution in [0.2, 0.25) is 0 Å². The molecule has 1 N–H and O–H groups in total. The van der Waals surface area contributed by atoms with Gasteiger partial charge in [-0.15, -0.1) is 0 Å². The van der Waals surface area contributed by atoms with Crippen LogP contribution >= 0.6 is 0 Å². The number of aromatic nitrogens is 1. The molecule has 6 heteroatoms. The molecule has 0 saturated heterocycles. The number of aliphatic carboxylic acids is 1. The smallest absolute Gasteiger partial charge is 0.338 e. The van der Waals surface area contributed by atoms with Crippen molar-refractivity contribution in [2.45, 2.75) is 70.9 Å². The van der Waals surface area contributed by atoms with Crippen molar-refractivity contribution >= 4 is 28.9 Å². The number of carboxylic acids is 1. The minimum Gasteiger partial charge on any atom is -0.497 e. The largest absolute Gasteiger partial charge is 0.497 e. The molecule has 36 heavy (non-hydrogen) atoms. The zero-order valence-corrected chi connectivity index (χ0v) is 21.4. The highest BCUT2D eigenvalue weighted by molar-refractivity contribution is 6.02. The number of methoxy groups -OCH3 is 1. The monoisotopic (exact) mass is 487 g/mol. The molecule has 0 radical (unpaired) electrons. The molecule has 0 atom stereocenters. The van der Waals surface area contributed by atoms with Gasteiger partial charge in [-0.1, -0.05) is 25.3 Å². The van der Waals surface area contributed by atoms with Crippen molar-refractivity contribution in [3.8, 4) is 17.0 Å². The number of benzene rings is 2. The van der Waals surface area contributed by atoms with Crippen molar-refractivity contribution in [2.75, 3.05) is 7.11 Å². The van der Waals surface area contributed by atoms with E-state index in [4.69, 9.17) is 9.47 Å². The normalized spacial score (nSPS) is 16.1. The molecular formula is C30H33NO5. The number of esters is 1. The van der Waals surface area contributed by atoms with Crippen molar-refractivity contribution < 1.29 is 24.2 Å². The Balaban J connectivity index is 1.79. The molecule has 0 spiro atoms. The number of fused-ring (bicyclic) bond motifs is 5. The van der Waals surface area contributed by atoms with Crippen LogP contribution in [0.4, 0.5) is 0 Å². The lowest BCUT2D eigenvalue weighted by molar-refractivity contribution is -0.132. The van der Waals surface area contributed by atoms with Crippen molar-refractivity contribution in [3.05, 3.63) is 58.7 Å². The lowest BCUT2D eigenvalue weighted by Gasteiger charge is -2.24. The summed E-state index contributed by atoms with van der Waals surface area (Å²) in [4.78, 5) is 25.2. The molecule has 1 aliphatic carbocycles. The summed E-state index contributed by atoms with van der Waals surface area (Å²) in [6.07, 6.45) is 7.56. The average Bonchev–Trinajstić information content (AvgIpc) is 3.05. The van der Waals surface area contributed by atoms with E-state index >= 15 is 0 Å². The molecule has 6 nitrogen and oxygen atoms in total. The first-order valence-electron chi connectivity index (χ1n) is 12.7. The predicted octanol–water partition coefficient (Wildman–Crippen LogP) is 6.80. The SMILES string of the molecule is COc1ccc2c(c1)C=C(C(=O)O)Cn1c-2c(C2CCCCC2)c2ccc(C(=O)OC(C)(C)C)cc21. The molecule has 2 aromatic carbocycles. The number of hydrogen-bond acceptors (Lipinski definition) is 4. The predicted molar refractivity (Wildman–Crippen MR) is 141 cm³/mol. The van der Waals surface area contributed by atoms with Gasteiger partial charge in [-0.25, -0.2) is 9.59 Å². The van der Waals surface area contributed by atoms with Gasteiger partial charge in [0.1, 0.15) is 11.4 Å². The number of carbonyl (C=O) groups is 2. The molecule has 3 aromatic rings. The topological polar surface area (TPSA) is 77.8 Å². The van der Waals surface area contributed by atoms with Crippen LogP contribution < -0.4 is 4.74 Å². The Bertz CT molecular complexity index is 1380. The quantitative estimate of drug-likeness (QED) is 0.410. The molecule has 0 bridgehead atoms. The summed E-state index contributed by atoms with van der Waals surface area (Å²) in [7, 11) is 1.61. The van der Waals surface area contributed by atoms with E-state index in [1.807, 2.05) is 57.2 Å². The number of carbonyl (C=O) groups excluding carboxylic acids is 1. The summed E-state index contributed by atoms with van der Waals surface area (Å²) in [6.45, 7) is 5.76.